The molecule has 2 saturated heterocycles. The molecule has 0 aliphatic carbocycles. The van der Waals surface area contributed by atoms with E-state index in [0.29, 0.717) is 11.1 Å². The van der Waals surface area contributed by atoms with Gasteiger partial charge in [-0.2, -0.15) is 0 Å². The summed E-state index contributed by atoms with van der Waals surface area (Å²) in [6.45, 7) is -0.974. The number of nitro benzene ring substituents is 2. The molecule has 2 unspecified atom stereocenters. The molecule has 6 atom stereocenters. The molecule has 0 radical (unpaired) electrons. The van der Waals surface area contributed by atoms with E-state index in [1.807, 2.05) is 0 Å². The maximum Gasteiger partial charge on any atom is 0.269 e. The summed E-state index contributed by atoms with van der Waals surface area (Å²) in [4.78, 5) is 21.1. The largest absolute Gasteiger partial charge is 0.394 e. The minimum atomic E-state index is -1.13. The molecule has 2 aliphatic rings. The van der Waals surface area contributed by atoms with E-state index in [4.69, 9.17) is 18.9 Å². The molecular formula is C20H20N2O10. The lowest BCUT2D eigenvalue weighted by Crippen LogP contribution is -2.43. The highest BCUT2D eigenvalue weighted by molar-refractivity contribution is 5.36. The number of aliphatic hydroxyl groups is 2. The highest BCUT2D eigenvalue weighted by Crippen LogP contribution is 2.41. The van der Waals surface area contributed by atoms with E-state index in [1.165, 1.54) is 36.4 Å². The van der Waals surface area contributed by atoms with Gasteiger partial charge in [-0.3, -0.25) is 20.2 Å². The summed E-state index contributed by atoms with van der Waals surface area (Å²) in [5.41, 5.74) is 0.401. The van der Waals surface area contributed by atoms with Crippen LogP contribution in [-0.2, 0) is 18.9 Å². The standard InChI is InChI=1S/C20H20N2O10/c23-9-15-17-18(32-20(31-17)12-4-2-6-14(8-12)22(27)28)16(10-24)30-19(29-15)11-3-1-5-13(7-11)21(25)26/h1-8,15-20,23-24H,9-10H2/t15-,16+,17-,18-,19?,20?/m1/s1. The Morgan fingerprint density at radius 3 is 1.50 bits per heavy atom. The summed E-state index contributed by atoms with van der Waals surface area (Å²) in [5, 5.41) is 42.0. The van der Waals surface area contributed by atoms with Crippen molar-refractivity contribution in [3.8, 4) is 0 Å². The van der Waals surface area contributed by atoms with Gasteiger partial charge in [0.25, 0.3) is 11.4 Å². The average Bonchev–Trinajstić information content (AvgIpc) is 3.18. The number of ether oxygens (including phenoxy) is 4. The number of aliphatic hydroxyl groups excluding tert-OH is 2. The van der Waals surface area contributed by atoms with Crippen LogP contribution >= 0.6 is 0 Å². The SMILES string of the molecule is O=[N+]([O-])c1cccc(C2O[C@H]3[C@H](O2)[C@@H](CO)OC(c2cccc([N+](=O)[O-])c2)O[C@H]3CO)c1. The first-order chi connectivity index (χ1) is 15.4. The molecule has 2 aromatic carbocycles. The molecule has 12 heteroatoms. The van der Waals surface area contributed by atoms with Crippen molar-refractivity contribution in [2.75, 3.05) is 13.2 Å². The number of benzene rings is 2. The van der Waals surface area contributed by atoms with Gasteiger partial charge >= 0.3 is 0 Å². The van der Waals surface area contributed by atoms with E-state index in [-0.39, 0.29) is 11.4 Å². The highest BCUT2D eigenvalue weighted by Gasteiger charge is 2.50. The quantitative estimate of drug-likeness (QED) is 0.491. The molecule has 2 aliphatic heterocycles. The van der Waals surface area contributed by atoms with Crippen LogP contribution in [0.5, 0.6) is 0 Å². The molecule has 0 amide bonds. The zero-order chi connectivity index (χ0) is 22.8. The smallest absolute Gasteiger partial charge is 0.269 e. The number of hydrogen-bond acceptors (Lipinski definition) is 10. The fourth-order valence-electron chi connectivity index (χ4n) is 3.75. The molecule has 0 spiro atoms. The van der Waals surface area contributed by atoms with Crippen LogP contribution in [0.1, 0.15) is 23.7 Å². The fourth-order valence-corrected chi connectivity index (χ4v) is 3.75. The topological polar surface area (TPSA) is 164 Å². The van der Waals surface area contributed by atoms with Crippen molar-refractivity contribution in [3.05, 3.63) is 79.9 Å². The van der Waals surface area contributed by atoms with Gasteiger partial charge in [0, 0.05) is 35.4 Å². The lowest BCUT2D eigenvalue weighted by Gasteiger charge is -2.24. The second-order valence-electron chi connectivity index (χ2n) is 7.28. The van der Waals surface area contributed by atoms with Gasteiger partial charge in [0.05, 0.1) is 23.1 Å². The molecule has 2 fully saturated rings. The Hall–Kier alpha value is -3.00. The van der Waals surface area contributed by atoms with Gasteiger partial charge in [0.1, 0.15) is 24.4 Å². The van der Waals surface area contributed by atoms with Gasteiger partial charge in [0.15, 0.2) is 12.6 Å². The first-order valence-corrected chi connectivity index (χ1v) is 9.73. The molecule has 0 saturated carbocycles. The maximum absolute atomic E-state index is 11.1. The Bertz CT molecular complexity index is 980. The lowest BCUT2D eigenvalue weighted by atomic mass is 10.0. The van der Waals surface area contributed by atoms with Crippen LogP contribution in [0, 0.1) is 20.2 Å². The molecule has 0 aromatic heterocycles. The number of rotatable bonds is 6. The summed E-state index contributed by atoms with van der Waals surface area (Å²) in [7, 11) is 0. The molecule has 0 bridgehead atoms. The summed E-state index contributed by atoms with van der Waals surface area (Å²) in [5.74, 6) is 0. The fraction of sp³-hybridized carbons (Fsp3) is 0.400. The van der Waals surface area contributed by atoms with Gasteiger partial charge in [-0.25, -0.2) is 0 Å². The molecular weight excluding hydrogens is 428 g/mol. The van der Waals surface area contributed by atoms with Crippen LogP contribution in [0.15, 0.2) is 48.5 Å². The van der Waals surface area contributed by atoms with Crippen molar-refractivity contribution in [3.63, 3.8) is 0 Å². The molecule has 32 heavy (non-hydrogen) atoms. The molecule has 2 aromatic rings. The Morgan fingerprint density at radius 1 is 0.719 bits per heavy atom. The van der Waals surface area contributed by atoms with E-state index in [2.05, 4.69) is 0 Å². The van der Waals surface area contributed by atoms with Crippen molar-refractivity contribution in [1.29, 1.82) is 0 Å². The predicted molar refractivity (Wildman–Crippen MR) is 105 cm³/mol. The monoisotopic (exact) mass is 448 g/mol. The Morgan fingerprint density at radius 2 is 1.12 bits per heavy atom. The van der Waals surface area contributed by atoms with Crippen molar-refractivity contribution in [2.24, 2.45) is 0 Å². The molecule has 2 N–H and O–H groups in total. The number of fused-ring (bicyclic) bond motifs is 1. The van der Waals surface area contributed by atoms with Gasteiger partial charge in [-0.15, -0.1) is 0 Å². The Balaban J connectivity index is 1.60. The second-order valence-corrected chi connectivity index (χ2v) is 7.28. The Kier molecular flexibility index (Phi) is 6.41. The van der Waals surface area contributed by atoms with Crippen molar-refractivity contribution in [1.82, 2.24) is 0 Å². The first-order valence-electron chi connectivity index (χ1n) is 9.73. The van der Waals surface area contributed by atoms with Crippen LogP contribution in [0.2, 0.25) is 0 Å². The predicted octanol–water partition coefficient (Wildman–Crippen LogP) is 1.75. The van der Waals surface area contributed by atoms with E-state index in [9.17, 15) is 30.4 Å². The minimum absolute atomic E-state index is 0.141. The van der Waals surface area contributed by atoms with Gasteiger partial charge in [-0.1, -0.05) is 24.3 Å². The summed E-state index contributed by atoms with van der Waals surface area (Å²) >= 11 is 0. The molecule has 170 valence electrons. The number of nitro groups is 2. The van der Waals surface area contributed by atoms with Crippen molar-refractivity contribution in [2.45, 2.75) is 37.0 Å². The van der Waals surface area contributed by atoms with E-state index >= 15 is 0 Å². The van der Waals surface area contributed by atoms with E-state index < -0.39 is 60.1 Å². The second kappa shape index (κ2) is 9.24. The van der Waals surface area contributed by atoms with E-state index in [0.717, 1.165) is 0 Å². The van der Waals surface area contributed by atoms with Crippen LogP contribution < -0.4 is 0 Å². The minimum Gasteiger partial charge on any atom is -0.394 e. The van der Waals surface area contributed by atoms with Crippen molar-refractivity contribution < 1.29 is 39.0 Å². The van der Waals surface area contributed by atoms with Gasteiger partial charge < -0.3 is 29.2 Å². The van der Waals surface area contributed by atoms with Crippen LogP contribution in [0.25, 0.3) is 0 Å². The zero-order valence-electron chi connectivity index (χ0n) is 16.6. The average molecular weight is 448 g/mol. The summed E-state index contributed by atoms with van der Waals surface area (Å²) in [6, 6.07) is 11.4. The van der Waals surface area contributed by atoms with Gasteiger partial charge in [0.2, 0.25) is 0 Å². The van der Waals surface area contributed by atoms with Crippen LogP contribution in [-0.4, -0.2) is 57.7 Å². The number of non-ortho nitro benzene ring substituents is 2. The summed E-state index contributed by atoms with van der Waals surface area (Å²) < 4.78 is 23.5. The normalized spacial score (nSPS) is 29.8. The summed E-state index contributed by atoms with van der Waals surface area (Å²) in [6.07, 6.45) is -5.78. The first kappa shape index (κ1) is 22.2. The molecule has 12 nitrogen and oxygen atoms in total. The maximum atomic E-state index is 11.1. The third kappa shape index (κ3) is 4.32. The van der Waals surface area contributed by atoms with E-state index in [1.54, 1.807) is 12.1 Å². The lowest BCUT2D eigenvalue weighted by molar-refractivity contribution is -0.385. The third-order valence-corrected chi connectivity index (χ3v) is 5.28. The van der Waals surface area contributed by atoms with Crippen molar-refractivity contribution >= 4 is 11.4 Å². The highest BCUT2D eigenvalue weighted by atomic mass is 16.8. The number of hydrogen-bond donors (Lipinski definition) is 2. The number of nitrogens with zero attached hydrogens (tertiary/aromatic N) is 2. The van der Waals surface area contributed by atoms with Crippen LogP contribution in [0.4, 0.5) is 11.4 Å². The van der Waals surface area contributed by atoms with Crippen LogP contribution in [0.3, 0.4) is 0 Å². The molecule has 4 rings (SSSR count). The van der Waals surface area contributed by atoms with Gasteiger partial charge in [-0.05, 0) is 0 Å². The zero-order valence-corrected chi connectivity index (χ0v) is 16.6. The Labute approximate surface area is 181 Å². The third-order valence-electron chi connectivity index (χ3n) is 5.28. The molecule has 2 heterocycles.